The van der Waals surface area contributed by atoms with Crippen molar-refractivity contribution in [3.63, 3.8) is 0 Å². The Labute approximate surface area is 141 Å². The molecule has 0 bridgehead atoms. The molecule has 0 aliphatic rings. The lowest BCUT2D eigenvalue weighted by Crippen LogP contribution is -2.20. The van der Waals surface area contributed by atoms with Crippen LogP contribution in [-0.4, -0.2) is 19.6 Å². The van der Waals surface area contributed by atoms with E-state index in [0.29, 0.717) is 16.5 Å². The molecular formula is C18H20ClNO3. The molecule has 2 rings (SSSR count). The quantitative estimate of drug-likeness (QED) is 0.887. The van der Waals surface area contributed by atoms with Crippen LogP contribution >= 0.6 is 11.6 Å². The van der Waals surface area contributed by atoms with Gasteiger partial charge in [0.2, 0.25) is 0 Å². The first-order valence-electron chi connectivity index (χ1n) is 7.24. The van der Waals surface area contributed by atoms with E-state index in [0.717, 1.165) is 16.9 Å². The minimum Gasteiger partial charge on any atom is -0.495 e. The molecule has 0 atom stereocenters. The van der Waals surface area contributed by atoms with Gasteiger partial charge in [-0.1, -0.05) is 17.7 Å². The summed E-state index contributed by atoms with van der Waals surface area (Å²) in [5.41, 5.74) is 3.94. The Morgan fingerprint density at radius 1 is 1.04 bits per heavy atom. The summed E-state index contributed by atoms with van der Waals surface area (Å²) >= 11 is 6.03. The number of halogens is 1. The zero-order valence-corrected chi connectivity index (χ0v) is 14.5. The highest BCUT2D eigenvalue weighted by Crippen LogP contribution is 2.27. The number of nitrogens with one attached hydrogen (secondary N) is 1. The lowest BCUT2D eigenvalue weighted by molar-refractivity contribution is -0.118. The predicted molar refractivity (Wildman–Crippen MR) is 92.8 cm³/mol. The van der Waals surface area contributed by atoms with Crippen molar-refractivity contribution in [2.75, 3.05) is 19.0 Å². The van der Waals surface area contributed by atoms with Gasteiger partial charge in [-0.05, 0) is 61.7 Å². The number of amides is 1. The molecule has 0 heterocycles. The van der Waals surface area contributed by atoms with Crippen molar-refractivity contribution in [3.8, 4) is 11.5 Å². The van der Waals surface area contributed by atoms with Gasteiger partial charge >= 0.3 is 0 Å². The predicted octanol–water partition coefficient (Wildman–Crippen LogP) is 4.29. The average Bonchev–Trinajstić information content (AvgIpc) is 2.50. The molecular weight excluding hydrogens is 314 g/mol. The van der Waals surface area contributed by atoms with E-state index in [2.05, 4.69) is 5.32 Å². The van der Waals surface area contributed by atoms with Gasteiger partial charge in [-0.3, -0.25) is 4.79 Å². The number of hydrogen-bond donors (Lipinski definition) is 1. The Balaban J connectivity index is 1.98. The fourth-order valence-corrected chi connectivity index (χ4v) is 2.43. The summed E-state index contributed by atoms with van der Waals surface area (Å²) in [6, 6.07) is 9.06. The maximum Gasteiger partial charge on any atom is 0.262 e. The summed E-state index contributed by atoms with van der Waals surface area (Å²) in [6.45, 7) is 5.96. The largest absolute Gasteiger partial charge is 0.495 e. The number of aryl methyl sites for hydroxylation is 3. The highest BCUT2D eigenvalue weighted by molar-refractivity contribution is 6.32. The molecule has 0 spiro atoms. The van der Waals surface area contributed by atoms with Crippen LogP contribution in [-0.2, 0) is 4.79 Å². The van der Waals surface area contributed by atoms with Gasteiger partial charge in [-0.2, -0.15) is 0 Å². The van der Waals surface area contributed by atoms with Crippen LogP contribution in [0.15, 0.2) is 30.3 Å². The number of benzene rings is 2. The Morgan fingerprint density at radius 3 is 2.39 bits per heavy atom. The highest BCUT2D eigenvalue weighted by Gasteiger charge is 2.08. The summed E-state index contributed by atoms with van der Waals surface area (Å²) in [5.74, 6) is 1.03. The zero-order chi connectivity index (χ0) is 17.0. The molecule has 122 valence electrons. The summed E-state index contributed by atoms with van der Waals surface area (Å²) < 4.78 is 10.7. The summed E-state index contributed by atoms with van der Waals surface area (Å²) in [5, 5.41) is 3.19. The fraction of sp³-hybridized carbons (Fsp3) is 0.278. The molecule has 0 unspecified atom stereocenters. The minimum absolute atomic E-state index is 0.0625. The Bertz CT molecular complexity index is 728. The molecule has 1 amide bonds. The van der Waals surface area contributed by atoms with E-state index in [1.54, 1.807) is 25.3 Å². The summed E-state index contributed by atoms with van der Waals surface area (Å²) in [6.07, 6.45) is 0. The molecule has 5 heteroatoms. The first kappa shape index (κ1) is 17.2. The molecule has 2 aromatic rings. The molecule has 4 nitrogen and oxygen atoms in total. The zero-order valence-electron chi connectivity index (χ0n) is 13.7. The van der Waals surface area contributed by atoms with E-state index in [1.165, 1.54) is 5.56 Å². The molecule has 0 aromatic heterocycles. The van der Waals surface area contributed by atoms with Crippen LogP contribution < -0.4 is 14.8 Å². The number of anilines is 1. The highest BCUT2D eigenvalue weighted by atomic mass is 35.5. The van der Waals surface area contributed by atoms with Crippen molar-refractivity contribution in [1.29, 1.82) is 0 Å². The smallest absolute Gasteiger partial charge is 0.262 e. The van der Waals surface area contributed by atoms with Gasteiger partial charge in [0.05, 0.1) is 12.1 Å². The van der Waals surface area contributed by atoms with Crippen LogP contribution in [0.3, 0.4) is 0 Å². The third-order valence-corrected chi connectivity index (χ3v) is 3.88. The van der Waals surface area contributed by atoms with Crippen LogP contribution in [0.5, 0.6) is 11.5 Å². The van der Waals surface area contributed by atoms with Crippen molar-refractivity contribution in [1.82, 2.24) is 0 Å². The van der Waals surface area contributed by atoms with E-state index in [1.807, 2.05) is 32.9 Å². The van der Waals surface area contributed by atoms with Gasteiger partial charge in [-0.25, -0.2) is 0 Å². The number of rotatable bonds is 5. The summed E-state index contributed by atoms with van der Waals surface area (Å²) in [7, 11) is 1.54. The van der Waals surface area contributed by atoms with E-state index >= 15 is 0 Å². The van der Waals surface area contributed by atoms with E-state index in [-0.39, 0.29) is 12.5 Å². The minimum atomic E-state index is -0.246. The molecule has 23 heavy (non-hydrogen) atoms. The van der Waals surface area contributed by atoms with Crippen LogP contribution in [0.2, 0.25) is 5.02 Å². The third-order valence-electron chi connectivity index (χ3n) is 3.59. The monoisotopic (exact) mass is 333 g/mol. The van der Waals surface area contributed by atoms with Crippen molar-refractivity contribution < 1.29 is 14.3 Å². The second kappa shape index (κ2) is 7.38. The van der Waals surface area contributed by atoms with Crippen molar-refractivity contribution in [2.24, 2.45) is 0 Å². The van der Waals surface area contributed by atoms with Crippen LogP contribution in [0.1, 0.15) is 16.7 Å². The molecule has 0 aliphatic carbocycles. The van der Waals surface area contributed by atoms with Crippen molar-refractivity contribution in [2.45, 2.75) is 20.8 Å². The normalized spacial score (nSPS) is 10.3. The maximum atomic E-state index is 12.0. The fourth-order valence-electron chi connectivity index (χ4n) is 2.17. The molecule has 0 saturated carbocycles. The van der Waals surface area contributed by atoms with Gasteiger partial charge in [0.1, 0.15) is 11.5 Å². The van der Waals surface area contributed by atoms with E-state index in [9.17, 15) is 4.79 Å². The molecule has 0 saturated heterocycles. The lowest BCUT2D eigenvalue weighted by atomic mass is 10.1. The van der Waals surface area contributed by atoms with Crippen LogP contribution in [0.25, 0.3) is 0 Å². The first-order valence-corrected chi connectivity index (χ1v) is 7.62. The third kappa shape index (κ3) is 4.39. The first-order chi connectivity index (χ1) is 10.9. The van der Waals surface area contributed by atoms with Gasteiger partial charge < -0.3 is 14.8 Å². The molecule has 1 N–H and O–H groups in total. The topological polar surface area (TPSA) is 47.6 Å². The molecule has 0 aliphatic heterocycles. The number of carbonyl (C=O) groups is 1. The molecule has 0 fully saturated rings. The van der Waals surface area contributed by atoms with Gasteiger partial charge in [0.15, 0.2) is 6.61 Å². The van der Waals surface area contributed by atoms with Crippen molar-refractivity contribution >= 4 is 23.2 Å². The van der Waals surface area contributed by atoms with Crippen LogP contribution in [0.4, 0.5) is 5.69 Å². The van der Waals surface area contributed by atoms with E-state index in [4.69, 9.17) is 21.1 Å². The standard InChI is InChI=1S/C18H20ClNO3/c1-11-7-13(3)17(8-12(11)2)23-10-18(21)20-14-5-6-16(22-4)15(19)9-14/h5-9H,10H2,1-4H3,(H,20,21). The average molecular weight is 334 g/mol. The van der Waals surface area contributed by atoms with Gasteiger partial charge in [0.25, 0.3) is 5.91 Å². The molecule has 0 radical (unpaired) electrons. The van der Waals surface area contributed by atoms with Crippen LogP contribution in [0, 0.1) is 20.8 Å². The Morgan fingerprint density at radius 2 is 1.74 bits per heavy atom. The maximum absolute atomic E-state index is 12.0. The second-order valence-corrected chi connectivity index (χ2v) is 5.80. The number of methoxy groups -OCH3 is 1. The second-order valence-electron chi connectivity index (χ2n) is 5.39. The SMILES string of the molecule is COc1ccc(NC(=O)COc2cc(C)c(C)cc2C)cc1Cl. The van der Waals surface area contributed by atoms with Gasteiger partial charge in [-0.15, -0.1) is 0 Å². The molecule has 2 aromatic carbocycles. The Hall–Kier alpha value is -2.20. The van der Waals surface area contributed by atoms with Gasteiger partial charge in [0, 0.05) is 5.69 Å². The lowest BCUT2D eigenvalue weighted by Gasteiger charge is -2.12. The number of hydrogen-bond acceptors (Lipinski definition) is 3. The Kier molecular flexibility index (Phi) is 5.50. The number of carbonyl (C=O) groups excluding carboxylic acids is 1. The number of ether oxygens (including phenoxy) is 2. The van der Waals surface area contributed by atoms with E-state index < -0.39 is 0 Å². The van der Waals surface area contributed by atoms with Crippen molar-refractivity contribution in [3.05, 3.63) is 52.0 Å². The summed E-state index contributed by atoms with van der Waals surface area (Å²) in [4.78, 5) is 12.0.